The lowest BCUT2D eigenvalue weighted by Gasteiger charge is -2.44. The number of hydrogen-bond acceptors (Lipinski definition) is 11. The summed E-state index contributed by atoms with van der Waals surface area (Å²) in [6.45, 7) is 11.0. The average Bonchev–Trinajstić information content (AvgIpc) is 3.34. The van der Waals surface area contributed by atoms with E-state index in [4.69, 9.17) is 22.2 Å². The second kappa shape index (κ2) is 18.9. The first kappa shape index (κ1) is 45.7. The van der Waals surface area contributed by atoms with Crippen LogP contribution in [-0.2, 0) is 30.1 Å². The molecule has 3 N–H and O–H groups in total. The topological polar surface area (TPSA) is 163 Å². The van der Waals surface area contributed by atoms with Crippen molar-refractivity contribution in [1.29, 1.82) is 5.26 Å². The number of carbonyl (C=O) groups is 4. The number of nitriles is 1. The number of benzene rings is 1. The van der Waals surface area contributed by atoms with Crippen LogP contribution in [0.2, 0.25) is 0 Å². The van der Waals surface area contributed by atoms with Crippen LogP contribution in [0.3, 0.4) is 0 Å². The van der Waals surface area contributed by atoms with Gasteiger partial charge in [0.15, 0.2) is 10.8 Å². The molecule has 19 heteroatoms. The summed E-state index contributed by atoms with van der Waals surface area (Å²) in [6, 6.07) is 9.09. The lowest BCUT2D eigenvalue weighted by molar-refractivity contribution is -0.138. The minimum absolute atomic E-state index is 0. The molecule has 4 aliphatic rings. The highest BCUT2D eigenvalue weighted by Crippen LogP contribution is 2.40. The molecule has 3 atom stereocenters. The van der Waals surface area contributed by atoms with Gasteiger partial charge in [-0.3, -0.25) is 34.3 Å². The number of alkyl halides is 3. The van der Waals surface area contributed by atoms with Crippen LogP contribution in [0.5, 0.6) is 0 Å². The number of hydrogen-bond donors (Lipinski definition) is 3. The van der Waals surface area contributed by atoms with Gasteiger partial charge < -0.3 is 25.2 Å². The van der Waals surface area contributed by atoms with E-state index in [0.717, 1.165) is 56.1 Å². The van der Waals surface area contributed by atoms with Gasteiger partial charge >= 0.3 is 6.18 Å². The number of aromatic nitrogens is 1. The van der Waals surface area contributed by atoms with E-state index < -0.39 is 34.9 Å². The predicted molar refractivity (Wildman–Crippen MR) is 221 cm³/mol. The van der Waals surface area contributed by atoms with Crippen molar-refractivity contribution in [2.45, 2.75) is 115 Å². The quantitative estimate of drug-likeness (QED) is 0.148. The molecule has 1 saturated carbocycles. The summed E-state index contributed by atoms with van der Waals surface area (Å²) in [5.74, 6) is -1.22. The number of piperazine rings is 1. The van der Waals surface area contributed by atoms with Gasteiger partial charge in [-0.25, -0.2) is 4.98 Å². The van der Waals surface area contributed by atoms with Gasteiger partial charge in [0.05, 0.1) is 30.1 Å². The van der Waals surface area contributed by atoms with Crippen LogP contribution in [0, 0.1) is 11.3 Å². The highest BCUT2D eigenvalue weighted by Gasteiger charge is 2.53. The molecule has 1 aliphatic carbocycles. The molecule has 3 saturated heterocycles. The summed E-state index contributed by atoms with van der Waals surface area (Å²) < 4.78 is 47.3. The van der Waals surface area contributed by atoms with Crippen LogP contribution in [0.4, 0.5) is 30.2 Å². The van der Waals surface area contributed by atoms with Gasteiger partial charge in [-0.15, -0.1) is 12.4 Å². The zero-order chi connectivity index (χ0) is 41.9. The van der Waals surface area contributed by atoms with Crippen LogP contribution >= 0.6 is 24.6 Å². The van der Waals surface area contributed by atoms with Crippen molar-refractivity contribution < 1.29 is 37.1 Å². The number of nitrogens with one attached hydrogen (secondary N) is 3. The van der Waals surface area contributed by atoms with Crippen molar-refractivity contribution >= 4 is 70.4 Å². The third-order valence-corrected chi connectivity index (χ3v) is 11.9. The number of thiocarbonyl (C=S) groups is 1. The monoisotopic (exact) mass is 861 g/mol. The number of amides is 4. The Balaban J connectivity index is 0.00000661. The molecular weight excluding hydrogens is 811 g/mol. The number of imide groups is 1. The maximum Gasteiger partial charge on any atom is 0.419 e. The smallest absolute Gasteiger partial charge is 0.378 e. The maximum atomic E-state index is 13.7. The third-order valence-electron chi connectivity index (χ3n) is 11.5. The largest absolute Gasteiger partial charge is 0.419 e. The highest BCUT2D eigenvalue weighted by atomic mass is 35.5. The second-order valence-corrected chi connectivity index (χ2v) is 16.5. The van der Waals surface area contributed by atoms with E-state index in [1.165, 1.54) is 6.07 Å². The van der Waals surface area contributed by atoms with Gasteiger partial charge in [0, 0.05) is 62.2 Å². The van der Waals surface area contributed by atoms with Crippen LogP contribution < -0.4 is 20.9 Å². The molecule has 14 nitrogen and oxygen atoms in total. The maximum absolute atomic E-state index is 13.7. The first-order valence-corrected chi connectivity index (χ1v) is 20.1. The molecule has 6 rings (SSSR count). The molecule has 320 valence electrons. The van der Waals surface area contributed by atoms with Crippen LogP contribution in [-0.4, -0.2) is 117 Å². The minimum Gasteiger partial charge on any atom is -0.378 e. The number of carbonyl (C=O) groups excluding carboxylic acids is 4. The zero-order valence-electron chi connectivity index (χ0n) is 33.5. The summed E-state index contributed by atoms with van der Waals surface area (Å²) in [6.07, 6.45) is 0.718. The van der Waals surface area contributed by atoms with Gasteiger partial charge in [0.2, 0.25) is 17.7 Å². The molecule has 4 fully saturated rings. The summed E-state index contributed by atoms with van der Waals surface area (Å²) in [4.78, 5) is 61.5. The summed E-state index contributed by atoms with van der Waals surface area (Å²) in [7, 11) is 0. The van der Waals surface area contributed by atoms with Gasteiger partial charge in [0.1, 0.15) is 17.6 Å². The fraction of sp³-hybridized carbons (Fsp3) is 0.575. The normalized spacial score (nSPS) is 25.3. The lowest BCUT2D eigenvalue weighted by atomic mass is 9.89. The SMILES string of the molecule is C[C@@H]1CN(CCCOC2CCC(N3C(=S)N(c4cnc(C#N)c(C(F)(F)F)c4)C(=O)C3(C)C)CC2)C[C@H](C)N1CC(=O)Nc1cccc(NC2CCC(=O)NC2=O)c1.Cl. The minimum atomic E-state index is -4.82. The fourth-order valence-corrected chi connectivity index (χ4v) is 9.15. The number of pyridine rings is 1. The number of halogens is 4. The van der Waals surface area contributed by atoms with E-state index in [1.807, 2.05) is 11.0 Å². The van der Waals surface area contributed by atoms with E-state index in [1.54, 1.807) is 32.0 Å². The van der Waals surface area contributed by atoms with Crippen molar-refractivity contribution in [2.75, 3.05) is 48.3 Å². The number of rotatable bonds is 12. The molecule has 0 bridgehead atoms. The Morgan fingerprint density at radius 3 is 2.39 bits per heavy atom. The Labute approximate surface area is 353 Å². The predicted octanol–water partition coefficient (Wildman–Crippen LogP) is 5.07. The van der Waals surface area contributed by atoms with Crippen molar-refractivity contribution in [3.63, 3.8) is 0 Å². The second-order valence-electron chi connectivity index (χ2n) is 16.1. The van der Waals surface area contributed by atoms with Crippen molar-refractivity contribution in [2.24, 2.45) is 0 Å². The molecule has 1 aromatic heterocycles. The molecule has 59 heavy (non-hydrogen) atoms. The van der Waals surface area contributed by atoms with E-state index in [2.05, 4.69) is 44.6 Å². The lowest BCUT2D eigenvalue weighted by Crippen LogP contribution is -2.58. The highest BCUT2D eigenvalue weighted by molar-refractivity contribution is 7.80. The summed E-state index contributed by atoms with van der Waals surface area (Å²) in [5, 5.41) is 17.7. The molecule has 3 aliphatic heterocycles. The Morgan fingerprint density at radius 1 is 1.07 bits per heavy atom. The summed E-state index contributed by atoms with van der Waals surface area (Å²) >= 11 is 5.71. The first-order valence-electron chi connectivity index (χ1n) is 19.7. The molecule has 1 aromatic carbocycles. The van der Waals surface area contributed by atoms with E-state index >= 15 is 0 Å². The molecule has 4 heterocycles. The third kappa shape index (κ3) is 10.5. The van der Waals surface area contributed by atoms with Gasteiger partial charge in [-0.1, -0.05) is 6.07 Å². The molecule has 2 aromatic rings. The Hall–Kier alpha value is -4.41. The Morgan fingerprint density at radius 2 is 1.75 bits per heavy atom. The Bertz CT molecular complexity index is 1950. The number of nitrogens with zero attached hydrogens (tertiary/aromatic N) is 6. The molecule has 4 amide bonds. The van der Waals surface area contributed by atoms with Gasteiger partial charge in [0.25, 0.3) is 5.91 Å². The average molecular weight is 862 g/mol. The van der Waals surface area contributed by atoms with Crippen LogP contribution in [0.15, 0.2) is 36.5 Å². The fourth-order valence-electron chi connectivity index (χ4n) is 8.59. The number of ether oxygens (including phenoxy) is 1. The van der Waals surface area contributed by atoms with Crippen molar-refractivity contribution in [3.05, 3.63) is 47.8 Å². The number of piperidine rings is 1. The van der Waals surface area contributed by atoms with Crippen LogP contribution in [0.1, 0.15) is 83.9 Å². The number of anilines is 3. The standard InChI is InChI=1S/C40H50F3N9O5S.ClH/c1-24-21-49(22-25(2)50(24)23-35(54)47-27-8-5-7-26(17-27)46-32-13-14-34(53)48-36(32)55)15-6-16-57-30-11-9-28(10-12-30)52-38(58)51(37(56)39(52,3)4)29-18-31(40(41,42)43)33(19-44)45-20-29;/h5,7-8,17-18,20,24-25,28,30,32,46H,6,9-16,21-23H2,1-4H3,(H,47,54)(H,48,53,55);1H/t24-,25+,28?,30?,32?;. The molecule has 0 spiro atoms. The zero-order valence-corrected chi connectivity index (χ0v) is 35.1. The van der Waals surface area contributed by atoms with E-state index in [9.17, 15) is 32.3 Å². The Kier molecular flexibility index (Phi) is 14.6. The van der Waals surface area contributed by atoms with Crippen LogP contribution in [0.25, 0.3) is 0 Å². The van der Waals surface area contributed by atoms with Crippen molar-refractivity contribution in [1.82, 2.24) is 25.0 Å². The molecular formula is C40H51ClF3N9O5S. The molecule has 1 unspecified atom stereocenters. The summed E-state index contributed by atoms with van der Waals surface area (Å²) in [5.41, 5.74) is -1.90. The van der Waals surface area contributed by atoms with Gasteiger partial charge in [-0.05, 0) is 103 Å². The van der Waals surface area contributed by atoms with Crippen molar-refractivity contribution in [3.8, 4) is 6.07 Å². The first-order chi connectivity index (χ1) is 27.5. The molecule has 0 radical (unpaired) electrons. The van der Waals surface area contributed by atoms with E-state index in [0.29, 0.717) is 37.2 Å². The van der Waals surface area contributed by atoms with E-state index in [-0.39, 0.29) is 78.1 Å². The van der Waals surface area contributed by atoms with Gasteiger partial charge in [-0.2, -0.15) is 18.4 Å².